The second kappa shape index (κ2) is 9.03. The van der Waals surface area contributed by atoms with Crippen molar-refractivity contribution in [2.24, 2.45) is 0 Å². The third-order valence-corrected chi connectivity index (χ3v) is 6.57. The van der Waals surface area contributed by atoms with E-state index in [4.69, 9.17) is 0 Å². The molecule has 0 aliphatic rings. The topological polar surface area (TPSA) is 76.9 Å². The molecule has 5 aromatic rings. The summed E-state index contributed by atoms with van der Waals surface area (Å²) < 4.78 is 2.32. The lowest BCUT2D eigenvalue weighted by Gasteiger charge is -2.16. The first-order valence-corrected chi connectivity index (χ1v) is 11.8. The zero-order chi connectivity index (χ0) is 23.7. The summed E-state index contributed by atoms with van der Waals surface area (Å²) in [5.41, 5.74) is 4.16. The lowest BCUT2D eigenvalue weighted by Crippen LogP contribution is -2.32. The lowest BCUT2D eigenvalue weighted by atomic mass is 9.95. The van der Waals surface area contributed by atoms with Gasteiger partial charge in [-0.05, 0) is 31.0 Å². The predicted octanol–water partition coefficient (Wildman–Crippen LogP) is 5.77. The van der Waals surface area contributed by atoms with E-state index in [1.165, 1.54) is 16.0 Å². The van der Waals surface area contributed by atoms with E-state index in [0.717, 1.165) is 26.9 Å². The second-order valence-electron chi connectivity index (χ2n) is 7.85. The van der Waals surface area contributed by atoms with Crippen LogP contribution in [0.25, 0.3) is 32.6 Å². The van der Waals surface area contributed by atoms with Gasteiger partial charge in [0.2, 0.25) is 0 Å². The maximum absolute atomic E-state index is 13.7. The molecule has 0 saturated carbocycles. The maximum atomic E-state index is 13.7. The van der Waals surface area contributed by atoms with E-state index >= 15 is 0 Å². The number of thiazole rings is 1. The monoisotopic (exact) mass is 466 g/mol. The number of rotatable bonds is 5. The first-order chi connectivity index (χ1) is 16.6. The van der Waals surface area contributed by atoms with Crippen LogP contribution in [-0.4, -0.2) is 20.7 Å². The van der Waals surface area contributed by atoms with E-state index in [1.54, 1.807) is 0 Å². The third kappa shape index (κ3) is 3.91. The SMILES string of the molecule is CCn1nc(-c2ccccc2)c(-c2ccccc2)c(C(=O)Nc2nc3c(C)cccc3s2)c1=O. The number of nitrogens with zero attached hydrogens (tertiary/aromatic N) is 3. The quantitative estimate of drug-likeness (QED) is 0.357. The van der Waals surface area contributed by atoms with Crippen molar-refractivity contribution in [2.45, 2.75) is 20.4 Å². The van der Waals surface area contributed by atoms with Gasteiger partial charge in [-0.3, -0.25) is 14.9 Å². The summed E-state index contributed by atoms with van der Waals surface area (Å²) in [6.45, 7) is 4.16. The summed E-state index contributed by atoms with van der Waals surface area (Å²) in [6, 6.07) is 24.9. The van der Waals surface area contributed by atoms with Crippen molar-refractivity contribution in [3.63, 3.8) is 0 Å². The van der Waals surface area contributed by atoms with Gasteiger partial charge >= 0.3 is 0 Å². The van der Waals surface area contributed by atoms with Crippen LogP contribution in [-0.2, 0) is 6.54 Å². The molecule has 0 saturated heterocycles. The van der Waals surface area contributed by atoms with Crippen molar-refractivity contribution in [1.29, 1.82) is 0 Å². The Labute approximate surface area is 200 Å². The van der Waals surface area contributed by atoms with Crippen LogP contribution in [0.1, 0.15) is 22.8 Å². The van der Waals surface area contributed by atoms with Gasteiger partial charge in [-0.2, -0.15) is 5.10 Å². The minimum absolute atomic E-state index is 0.0536. The normalized spacial score (nSPS) is 11.0. The summed E-state index contributed by atoms with van der Waals surface area (Å²) in [5.74, 6) is -0.498. The average molecular weight is 467 g/mol. The number of benzene rings is 3. The van der Waals surface area contributed by atoms with Crippen molar-refractivity contribution in [3.8, 4) is 22.4 Å². The number of nitrogens with one attached hydrogen (secondary N) is 1. The molecule has 7 heteroatoms. The number of aryl methyl sites for hydroxylation is 2. The van der Waals surface area contributed by atoms with Gasteiger partial charge in [-0.1, -0.05) is 84.1 Å². The van der Waals surface area contributed by atoms with Gasteiger partial charge in [0.1, 0.15) is 5.56 Å². The molecule has 0 aliphatic heterocycles. The number of carbonyl (C=O) groups excluding carboxylic acids is 1. The van der Waals surface area contributed by atoms with Crippen LogP contribution in [0.15, 0.2) is 83.7 Å². The Balaban J connectivity index is 1.72. The van der Waals surface area contributed by atoms with Crippen LogP contribution in [0.4, 0.5) is 5.13 Å². The number of aromatic nitrogens is 3. The number of amides is 1. The molecule has 168 valence electrons. The first-order valence-electron chi connectivity index (χ1n) is 11.0. The molecular weight excluding hydrogens is 444 g/mol. The molecule has 6 nitrogen and oxygen atoms in total. The van der Waals surface area contributed by atoms with Crippen molar-refractivity contribution in [3.05, 3.63) is 100 Å². The molecule has 5 rings (SSSR count). The fraction of sp³-hybridized carbons (Fsp3) is 0.111. The Kier molecular flexibility index (Phi) is 5.77. The zero-order valence-corrected chi connectivity index (χ0v) is 19.6. The number of hydrogen-bond acceptors (Lipinski definition) is 5. The van der Waals surface area contributed by atoms with Crippen LogP contribution in [0.3, 0.4) is 0 Å². The third-order valence-electron chi connectivity index (χ3n) is 5.63. The largest absolute Gasteiger partial charge is 0.298 e. The predicted molar refractivity (Wildman–Crippen MR) is 137 cm³/mol. The summed E-state index contributed by atoms with van der Waals surface area (Å²) in [7, 11) is 0. The molecule has 1 amide bonds. The van der Waals surface area contributed by atoms with Gasteiger partial charge < -0.3 is 0 Å². The van der Waals surface area contributed by atoms with Crippen molar-refractivity contribution >= 4 is 32.6 Å². The second-order valence-corrected chi connectivity index (χ2v) is 8.88. The van der Waals surface area contributed by atoms with E-state index < -0.39 is 11.5 Å². The minimum atomic E-state index is -0.498. The molecule has 3 aromatic carbocycles. The van der Waals surface area contributed by atoms with Crippen LogP contribution in [0.2, 0.25) is 0 Å². The Hall–Kier alpha value is -4.10. The minimum Gasteiger partial charge on any atom is -0.298 e. The van der Waals surface area contributed by atoms with Crippen LogP contribution >= 0.6 is 11.3 Å². The fourth-order valence-corrected chi connectivity index (χ4v) is 4.92. The van der Waals surface area contributed by atoms with Crippen LogP contribution < -0.4 is 10.9 Å². The lowest BCUT2D eigenvalue weighted by molar-refractivity contribution is 0.102. The highest BCUT2D eigenvalue weighted by atomic mass is 32.1. The standard InChI is InChI=1S/C27H22N4O2S/c1-3-31-26(33)22(25(32)29-27-28-23-17(2)11-10-16-20(23)34-27)21(18-12-6-4-7-13-18)24(30-31)19-14-8-5-9-15-19/h4-16H,3H2,1-2H3,(H,28,29,32). The van der Waals surface area contributed by atoms with Crippen LogP contribution in [0.5, 0.6) is 0 Å². The van der Waals surface area contributed by atoms with Crippen molar-refractivity contribution < 1.29 is 4.79 Å². The van der Waals surface area contributed by atoms with Gasteiger partial charge in [0.25, 0.3) is 11.5 Å². The highest BCUT2D eigenvalue weighted by Crippen LogP contribution is 2.33. The number of hydrogen-bond donors (Lipinski definition) is 1. The van der Waals surface area contributed by atoms with Crippen molar-refractivity contribution in [2.75, 3.05) is 5.32 Å². The highest BCUT2D eigenvalue weighted by Gasteiger charge is 2.25. The summed E-state index contributed by atoms with van der Waals surface area (Å²) >= 11 is 1.38. The van der Waals surface area contributed by atoms with E-state index in [-0.39, 0.29) is 5.56 Å². The Morgan fingerprint density at radius 1 is 0.941 bits per heavy atom. The number of anilines is 1. The fourth-order valence-electron chi connectivity index (χ4n) is 3.98. The molecule has 0 atom stereocenters. The average Bonchev–Trinajstić information content (AvgIpc) is 3.28. The molecule has 0 unspecified atom stereocenters. The first kappa shape index (κ1) is 21.7. The molecule has 0 bridgehead atoms. The molecule has 0 fully saturated rings. The summed E-state index contributed by atoms with van der Waals surface area (Å²) in [6.07, 6.45) is 0. The molecule has 2 heterocycles. The van der Waals surface area contributed by atoms with Gasteiger partial charge in [0, 0.05) is 17.7 Å². The zero-order valence-electron chi connectivity index (χ0n) is 18.8. The molecule has 2 aromatic heterocycles. The van der Waals surface area contributed by atoms with Gasteiger partial charge in [-0.25, -0.2) is 9.67 Å². The van der Waals surface area contributed by atoms with E-state index in [0.29, 0.717) is 22.9 Å². The molecule has 0 aliphatic carbocycles. The van der Waals surface area contributed by atoms with Gasteiger partial charge in [0.05, 0.1) is 15.9 Å². The molecular formula is C27H22N4O2S. The van der Waals surface area contributed by atoms with Crippen molar-refractivity contribution in [1.82, 2.24) is 14.8 Å². The van der Waals surface area contributed by atoms with Crippen LogP contribution in [0, 0.1) is 6.92 Å². The number of carbonyl (C=O) groups is 1. The number of para-hydroxylation sites is 1. The Bertz CT molecular complexity index is 1560. The van der Waals surface area contributed by atoms with E-state index in [2.05, 4.69) is 15.4 Å². The van der Waals surface area contributed by atoms with Gasteiger partial charge in [-0.15, -0.1) is 0 Å². The Morgan fingerprint density at radius 3 is 2.26 bits per heavy atom. The summed E-state index contributed by atoms with van der Waals surface area (Å²) in [4.78, 5) is 31.7. The van der Waals surface area contributed by atoms with Gasteiger partial charge in [0.15, 0.2) is 5.13 Å². The molecule has 34 heavy (non-hydrogen) atoms. The highest BCUT2D eigenvalue weighted by molar-refractivity contribution is 7.22. The molecule has 0 radical (unpaired) electrons. The maximum Gasteiger partial charge on any atom is 0.280 e. The van der Waals surface area contributed by atoms with E-state index in [1.807, 2.05) is 92.7 Å². The Morgan fingerprint density at radius 2 is 1.62 bits per heavy atom. The molecule has 1 N–H and O–H groups in total. The molecule has 0 spiro atoms. The number of fused-ring (bicyclic) bond motifs is 1. The van der Waals surface area contributed by atoms with E-state index in [9.17, 15) is 9.59 Å². The smallest absolute Gasteiger partial charge is 0.280 e. The summed E-state index contributed by atoms with van der Waals surface area (Å²) in [5, 5.41) is 7.98.